The normalized spacial score (nSPS) is 18.1. The van der Waals surface area contributed by atoms with Gasteiger partial charge in [-0.2, -0.15) is 0 Å². The molecule has 5 heterocycles. The number of nitrogens with zero attached hydrogens (tertiary/aromatic N) is 7. The summed E-state index contributed by atoms with van der Waals surface area (Å²) < 4.78 is 16.0. The molecule has 0 radical (unpaired) electrons. The Bertz CT molecular complexity index is 1390. The topological polar surface area (TPSA) is 70.4 Å². The second-order valence-corrected chi connectivity index (χ2v) is 9.14. The number of carbonyl (C=O) groups excluding carboxylic acids is 1. The highest BCUT2D eigenvalue weighted by Crippen LogP contribution is 2.38. The second kappa shape index (κ2) is 8.65. The number of hydrogen-bond acceptors (Lipinski definition) is 6. The number of halogens is 1. The third kappa shape index (κ3) is 3.77. The summed E-state index contributed by atoms with van der Waals surface area (Å²) >= 11 is 0. The maximum Gasteiger partial charge on any atom is 0.255 e. The molecule has 1 atom stereocenters. The fourth-order valence-electron chi connectivity index (χ4n) is 4.99. The van der Waals surface area contributed by atoms with Gasteiger partial charge in [-0.3, -0.25) is 14.3 Å². The van der Waals surface area contributed by atoms with Crippen LogP contribution in [0.2, 0.25) is 0 Å². The molecule has 4 aromatic rings. The van der Waals surface area contributed by atoms with Crippen LogP contribution >= 0.6 is 0 Å². The zero-order valence-electron chi connectivity index (χ0n) is 19.5. The Morgan fingerprint density at radius 1 is 1.06 bits per heavy atom. The van der Waals surface area contributed by atoms with Gasteiger partial charge >= 0.3 is 0 Å². The molecule has 1 unspecified atom stereocenters. The molecule has 9 heteroatoms. The average molecular weight is 472 g/mol. The molecule has 0 N–H and O–H groups in total. The lowest BCUT2D eigenvalue weighted by Gasteiger charge is -2.41. The van der Waals surface area contributed by atoms with Gasteiger partial charge in [-0.1, -0.05) is 6.07 Å². The number of rotatable bonds is 4. The van der Waals surface area contributed by atoms with E-state index in [4.69, 9.17) is 4.98 Å². The Kier molecular flexibility index (Phi) is 5.32. The number of anilines is 2. The van der Waals surface area contributed by atoms with Crippen LogP contribution in [0.3, 0.4) is 0 Å². The predicted molar refractivity (Wildman–Crippen MR) is 133 cm³/mol. The van der Waals surface area contributed by atoms with Crippen LogP contribution in [-0.2, 0) is 0 Å². The molecule has 1 amide bonds. The lowest BCUT2D eigenvalue weighted by Crippen LogP contribution is -2.54. The van der Waals surface area contributed by atoms with Gasteiger partial charge in [0.1, 0.15) is 18.0 Å². The summed E-state index contributed by atoms with van der Waals surface area (Å²) in [6.45, 7) is 5.91. The van der Waals surface area contributed by atoms with Crippen molar-refractivity contribution in [2.75, 3.05) is 42.5 Å². The van der Waals surface area contributed by atoms with Crippen molar-refractivity contribution in [3.8, 4) is 5.69 Å². The standard InChI is InChI=1S/C26H26FN7O/c1-18-15-32(11-12-33(18)26(35)19-5-3-8-28-14-19)24-23-22(31-9-4-10-31)16-34(25(23)30-17-29-24)21-7-2-6-20(27)13-21/h2-3,5-8,13-14,16-18H,4,9-12,15H2,1H3. The van der Waals surface area contributed by atoms with Gasteiger partial charge < -0.3 is 14.7 Å². The van der Waals surface area contributed by atoms with E-state index in [1.807, 2.05) is 21.7 Å². The Labute approximate surface area is 202 Å². The molecule has 8 nitrogen and oxygen atoms in total. The number of aromatic nitrogens is 4. The maximum absolute atomic E-state index is 14.0. The molecule has 2 aliphatic heterocycles. The number of piperazine rings is 1. The number of fused-ring (bicyclic) bond motifs is 1. The lowest BCUT2D eigenvalue weighted by atomic mass is 10.1. The minimum absolute atomic E-state index is 0.000708. The molecule has 6 rings (SSSR count). The van der Waals surface area contributed by atoms with Crippen LogP contribution in [0.1, 0.15) is 23.7 Å². The Morgan fingerprint density at radius 3 is 2.66 bits per heavy atom. The maximum atomic E-state index is 14.0. The smallest absolute Gasteiger partial charge is 0.255 e. The van der Waals surface area contributed by atoms with E-state index >= 15 is 0 Å². The summed E-state index contributed by atoms with van der Waals surface area (Å²) in [5, 5.41) is 0.968. The fraction of sp³-hybridized carbons (Fsp3) is 0.308. The van der Waals surface area contributed by atoms with Crippen LogP contribution in [0.15, 0.2) is 61.3 Å². The first kappa shape index (κ1) is 21.5. The molecule has 0 spiro atoms. The predicted octanol–water partition coefficient (Wildman–Crippen LogP) is 3.52. The second-order valence-electron chi connectivity index (χ2n) is 9.14. The minimum atomic E-state index is -0.285. The van der Waals surface area contributed by atoms with Crippen molar-refractivity contribution in [2.45, 2.75) is 19.4 Å². The van der Waals surface area contributed by atoms with Gasteiger partial charge in [-0.05, 0) is 43.7 Å². The van der Waals surface area contributed by atoms with Gasteiger partial charge in [0.05, 0.1) is 16.6 Å². The number of benzene rings is 1. The lowest BCUT2D eigenvalue weighted by molar-refractivity contribution is 0.0673. The highest BCUT2D eigenvalue weighted by atomic mass is 19.1. The van der Waals surface area contributed by atoms with Crippen LogP contribution < -0.4 is 9.80 Å². The van der Waals surface area contributed by atoms with E-state index in [9.17, 15) is 9.18 Å². The van der Waals surface area contributed by atoms with Gasteiger partial charge in [-0.25, -0.2) is 14.4 Å². The van der Waals surface area contributed by atoms with Crippen molar-refractivity contribution < 1.29 is 9.18 Å². The summed E-state index contributed by atoms with van der Waals surface area (Å²) in [6.07, 6.45) is 8.05. The molecule has 2 saturated heterocycles. The van der Waals surface area contributed by atoms with Crippen LogP contribution in [0.4, 0.5) is 15.9 Å². The van der Waals surface area contributed by atoms with Crippen molar-refractivity contribution in [3.05, 3.63) is 72.7 Å². The van der Waals surface area contributed by atoms with E-state index in [-0.39, 0.29) is 17.8 Å². The SMILES string of the molecule is CC1CN(c2ncnc3c2c(N2CCC2)cn3-c2cccc(F)c2)CCN1C(=O)c1cccnc1. The van der Waals surface area contributed by atoms with Gasteiger partial charge in [0.25, 0.3) is 5.91 Å². The van der Waals surface area contributed by atoms with Gasteiger partial charge in [0.2, 0.25) is 0 Å². The molecule has 0 saturated carbocycles. The molecule has 1 aromatic carbocycles. The van der Waals surface area contributed by atoms with E-state index in [0.29, 0.717) is 25.2 Å². The van der Waals surface area contributed by atoms with E-state index in [1.165, 1.54) is 12.1 Å². The van der Waals surface area contributed by atoms with E-state index in [1.54, 1.807) is 36.9 Å². The van der Waals surface area contributed by atoms with Crippen molar-refractivity contribution in [3.63, 3.8) is 0 Å². The molecule has 2 aliphatic rings. The molecule has 2 fully saturated rings. The van der Waals surface area contributed by atoms with Crippen LogP contribution in [0, 0.1) is 5.82 Å². The molecular formula is C26H26FN7O. The van der Waals surface area contributed by atoms with Crippen molar-refractivity contribution in [1.82, 2.24) is 24.4 Å². The third-order valence-electron chi connectivity index (χ3n) is 6.92. The summed E-state index contributed by atoms with van der Waals surface area (Å²) in [5.41, 5.74) is 3.15. The average Bonchev–Trinajstić information content (AvgIpc) is 3.22. The van der Waals surface area contributed by atoms with Crippen LogP contribution in [-0.4, -0.2) is 69.1 Å². The van der Waals surface area contributed by atoms with E-state index < -0.39 is 0 Å². The largest absolute Gasteiger partial charge is 0.369 e. The monoisotopic (exact) mass is 471 g/mol. The third-order valence-corrected chi connectivity index (χ3v) is 6.92. The quantitative estimate of drug-likeness (QED) is 0.454. The number of hydrogen-bond donors (Lipinski definition) is 0. The van der Waals surface area contributed by atoms with Crippen LogP contribution in [0.25, 0.3) is 16.7 Å². The Morgan fingerprint density at radius 2 is 1.94 bits per heavy atom. The summed E-state index contributed by atoms with van der Waals surface area (Å²) in [4.78, 5) is 32.9. The number of pyridine rings is 1. The number of carbonyl (C=O) groups is 1. The first-order valence-electron chi connectivity index (χ1n) is 11.9. The molecule has 0 aliphatic carbocycles. The molecule has 35 heavy (non-hydrogen) atoms. The molecular weight excluding hydrogens is 445 g/mol. The molecule has 3 aromatic heterocycles. The molecule has 0 bridgehead atoms. The summed E-state index contributed by atoms with van der Waals surface area (Å²) in [5.74, 6) is 0.566. The first-order chi connectivity index (χ1) is 17.1. The van der Waals surface area contributed by atoms with Crippen LogP contribution in [0.5, 0.6) is 0 Å². The Hall–Kier alpha value is -4.01. The first-order valence-corrected chi connectivity index (χ1v) is 11.9. The van der Waals surface area contributed by atoms with Crippen molar-refractivity contribution >= 4 is 28.4 Å². The summed E-state index contributed by atoms with van der Waals surface area (Å²) in [6, 6.07) is 10.1. The van der Waals surface area contributed by atoms with Gasteiger partial charge in [-0.15, -0.1) is 0 Å². The van der Waals surface area contributed by atoms with Crippen molar-refractivity contribution in [1.29, 1.82) is 0 Å². The van der Waals surface area contributed by atoms with E-state index in [2.05, 4.69) is 26.7 Å². The minimum Gasteiger partial charge on any atom is -0.369 e. The van der Waals surface area contributed by atoms with Gasteiger partial charge in [0.15, 0.2) is 5.65 Å². The molecule has 178 valence electrons. The zero-order valence-corrected chi connectivity index (χ0v) is 19.5. The fourth-order valence-corrected chi connectivity index (χ4v) is 4.99. The Balaban J connectivity index is 1.36. The highest BCUT2D eigenvalue weighted by molar-refractivity contribution is 6.01. The highest BCUT2D eigenvalue weighted by Gasteiger charge is 2.32. The number of amides is 1. The van der Waals surface area contributed by atoms with Gasteiger partial charge in [0, 0.05) is 63.0 Å². The zero-order chi connectivity index (χ0) is 23.9. The summed E-state index contributed by atoms with van der Waals surface area (Å²) in [7, 11) is 0. The van der Waals surface area contributed by atoms with E-state index in [0.717, 1.165) is 47.7 Å². The van der Waals surface area contributed by atoms with Crippen molar-refractivity contribution in [2.24, 2.45) is 0 Å².